The van der Waals surface area contributed by atoms with Crippen molar-refractivity contribution in [1.29, 1.82) is 0 Å². The van der Waals surface area contributed by atoms with Crippen molar-refractivity contribution >= 4 is 21.9 Å². The van der Waals surface area contributed by atoms with Crippen molar-refractivity contribution in [3.05, 3.63) is 71.1 Å². The lowest BCUT2D eigenvalue weighted by molar-refractivity contribution is -0.729. The number of ether oxygens (including phenoxy) is 1. The Labute approximate surface area is 237 Å². The number of nitrogens with zero attached hydrogens (tertiary/aromatic N) is 5. The lowest BCUT2D eigenvalue weighted by atomic mass is 10.1. The molecule has 1 atom stereocenters. The molecule has 17 heteroatoms. The fourth-order valence-electron chi connectivity index (χ4n) is 3.83. The molecule has 0 bridgehead atoms. The highest BCUT2D eigenvalue weighted by Gasteiger charge is 2.42. The lowest BCUT2D eigenvalue weighted by Gasteiger charge is -2.33. The molecular formula is C25H25F3N6O7S. The number of rotatable bonds is 10. The number of hydrazine groups is 1. The maximum Gasteiger partial charge on any atom is 0.435 e. The molecule has 42 heavy (non-hydrogen) atoms. The van der Waals surface area contributed by atoms with Gasteiger partial charge in [-0.05, 0) is 37.3 Å². The summed E-state index contributed by atoms with van der Waals surface area (Å²) in [4.78, 5) is 27.8. The maximum atomic E-state index is 13.5. The summed E-state index contributed by atoms with van der Waals surface area (Å²) >= 11 is 0. The summed E-state index contributed by atoms with van der Waals surface area (Å²) in [5.41, 5.74) is 0.520. The molecule has 0 saturated carbocycles. The number of nitrogens with one attached hydrogen (secondary N) is 1. The van der Waals surface area contributed by atoms with Gasteiger partial charge in [0.2, 0.25) is 5.28 Å². The fourth-order valence-corrected chi connectivity index (χ4v) is 4.84. The quantitative estimate of drug-likeness (QED) is 0.0906. The van der Waals surface area contributed by atoms with Gasteiger partial charge in [-0.3, -0.25) is 9.59 Å². The number of hydrogen-bond donors (Lipinski definition) is 1. The Bertz CT molecular complexity index is 1590. The molecule has 0 aliphatic carbocycles. The van der Waals surface area contributed by atoms with Crippen molar-refractivity contribution in [2.45, 2.75) is 43.8 Å². The van der Waals surface area contributed by atoms with Crippen LogP contribution in [0.4, 0.5) is 13.2 Å². The van der Waals surface area contributed by atoms with E-state index in [2.05, 4.69) is 20.0 Å². The molecular weight excluding hydrogens is 585 g/mol. The van der Waals surface area contributed by atoms with Crippen LogP contribution in [0.5, 0.6) is 0 Å². The Morgan fingerprint density at radius 3 is 2.40 bits per heavy atom. The average Bonchev–Trinajstić information content (AvgIpc) is 3.37. The first-order valence-corrected chi connectivity index (χ1v) is 13.9. The number of sulfonamides is 1. The van der Waals surface area contributed by atoms with E-state index in [-0.39, 0.29) is 40.6 Å². The fraction of sp³-hybridized carbons (Fsp3) is 0.320. The third-order valence-electron chi connectivity index (χ3n) is 6.18. The van der Waals surface area contributed by atoms with Crippen LogP contribution in [0.1, 0.15) is 31.0 Å². The minimum Gasteiger partial charge on any atom is -0.569 e. The third-order valence-corrected chi connectivity index (χ3v) is 7.54. The molecule has 224 valence electrons. The van der Waals surface area contributed by atoms with E-state index in [0.717, 1.165) is 33.5 Å². The van der Waals surface area contributed by atoms with Gasteiger partial charge in [-0.2, -0.15) is 18.3 Å². The number of aromatic nitrogens is 2. The number of aryl methyl sites for hydroxylation is 1. The van der Waals surface area contributed by atoms with Gasteiger partial charge in [0, 0.05) is 18.4 Å². The summed E-state index contributed by atoms with van der Waals surface area (Å²) in [5.74, 6) is -1.59. The van der Waals surface area contributed by atoms with Crippen molar-refractivity contribution in [2.24, 2.45) is 5.28 Å². The smallest absolute Gasteiger partial charge is 0.435 e. The minimum atomic E-state index is -4.71. The standard InChI is InChI=1S/C25H25F3N6O7S/c1-3-23(35)40-15-41-31-34(37)32-13-12-20(32)24(36)30-42(38,39)19-10-8-18(9-11-19)33-21(14-22(29-33)25(26,27)28)17-6-4-16(2)5-7-17/h4-11,14,20H,3,12-13,15H2,1-2H3,(H,30,36)/b34-31-/t20-/m0/s1. The predicted molar refractivity (Wildman–Crippen MR) is 138 cm³/mol. The van der Waals surface area contributed by atoms with Crippen LogP contribution in [0.3, 0.4) is 0 Å². The highest BCUT2D eigenvalue weighted by molar-refractivity contribution is 7.90. The molecule has 1 amide bonds. The first kappa shape index (κ1) is 30.3. The number of halogens is 3. The van der Waals surface area contributed by atoms with Gasteiger partial charge in [-0.1, -0.05) is 36.8 Å². The highest BCUT2D eigenvalue weighted by atomic mass is 32.2. The third kappa shape index (κ3) is 6.79. The van der Waals surface area contributed by atoms with Gasteiger partial charge in [0.1, 0.15) is 0 Å². The first-order valence-electron chi connectivity index (χ1n) is 12.4. The average molecular weight is 611 g/mol. The van der Waals surface area contributed by atoms with Gasteiger partial charge >= 0.3 is 12.1 Å². The van der Waals surface area contributed by atoms with Crippen molar-refractivity contribution in [3.8, 4) is 16.9 Å². The molecule has 1 N–H and O–H groups in total. The number of amides is 1. The molecule has 4 rings (SSSR count). The van der Waals surface area contributed by atoms with Crippen LogP contribution in [-0.4, -0.2) is 59.4 Å². The van der Waals surface area contributed by atoms with E-state index in [1.807, 2.05) is 11.6 Å². The zero-order chi connectivity index (χ0) is 30.7. The summed E-state index contributed by atoms with van der Waals surface area (Å²) in [6, 6.07) is 11.2. The van der Waals surface area contributed by atoms with Crippen molar-refractivity contribution in [2.75, 3.05) is 13.3 Å². The molecule has 1 fully saturated rings. The van der Waals surface area contributed by atoms with Crippen LogP contribution >= 0.6 is 0 Å². The van der Waals surface area contributed by atoms with Crippen LogP contribution in [0.2, 0.25) is 0 Å². The van der Waals surface area contributed by atoms with E-state index in [0.29, 0.717) is 5.56 Å². The molecule has 1 saturated heterocycles. The van der Waals surface area contributed by atoms with Gasteiger partial charge < -0.3 is 14.8 Å². The van der Waals surface area contributed by atoms with Crippen LogP contribution in [0.15, 0.2) is 64.8 Å². The van der Waals surface area contributed by atoms with E-state index < -0.39 is 46.6 Å². The number of hydrogen-bond acceptors (Lipinski definition) is 9. The van der Waals surface area contributed by atoms with Crippen LogP contribution < -0.4 is 4.72 Å². The van der Waals surface area contributed by atoms with Crippen LogP contribution in [-0.2, 0) is 35.4 Å². The molecule has 3 aromatic rings. The maximum absolute atomic E-state index is 13.5. The second-order valence-corrected chi connectivity index (χ2v) is 10.8. The number of carbonyl (C=O) groups excluding carboxylic acids is 2. The lowest BCUT2D eigenvalue weighted by Crippen LogP contribution is -2.59. The minimum absolute atomic E-state index is 0.0557. The van der Waals surface area contributed by atoms with E-state index >= 15 is 0 Å². The Balaban J connectivity index is 1.48. The normalized spacial score (nSPS) is 15.6. The molecule has 13 nitrogen and oxygen atoms in total. The van der Waals surface area contributed by atoms with Crippen LogP contribution in [0.25, 0.3) is 16.9 Å². The van der Waals surface area contributed by atoms with E-state index in [9.17, 15) is 36.4 Å². The van der Waals surface area contributed by atoms with Crippen molar-refractivity contribution in [3.63, 3.8) is 0 Å². The van der Waals surface area contributed by atoms with Gasteiger partial charge in [0.25, 0.3) is 22.7 Å². The van der Waals surface area contributed by atoms with Gasteiger partial charge in [-0.25, -0.2) is 17.8 Å². The van der Waals surface area contributed by atoms with Gasteiger partial charge in [-0.15, -0.1) is 5.01 Å². The Morgan fingerprint density at radius 2 is 1.83 bits per heavy atom. The number of carbonyl (C=O) groups is 2. The second-order valence-electron chi connectivity index (χ2n) is 9.07. The van der Waals surface area contributed by atoms with Crippen molar-refractivity contribution in [1.82, 2.24) is 19.5 Å². The topological polar surface area (TPSA) is 158 Å². The molecule has 0 spiro atoms. The molecule has 1 aliphatic heterocycles. The largest absolute Gasteiger partial charge is 0.569 e. The SMILES string of the molecule is CCC(=O)OCO/N=[N+](\[O-])N1CC[C@H]1C(=O)NS(=O)(=O)c1ccc(-n2nc(C(F)(F)F)cc2-c2ccc(C)cc2)cc1. The highest BCUT2D eigenvalue weighted by Crippen LogP contribution is 2.33. The molecule has 1 aliphatic rings. The molecule has 1 aromatic heterocycles. The molecule has 0 radical (unpaired) electrons. The Morgan fingerprint density at radius 1 is 1.17 bits per heavy atom. The molecule has 2 aromatic carbocycles. The first-order chi connectivity index (χ1) is 19.8. The monoisotopic (exact) mass is 610 g/mol. The summed E-state index contributed by atoms with van der Waals surface area (Å²) in [7, 11) is -4.42. The summed E-state index contributed by atoms with van der Waals surface area (Å²) in [5, 5.41) is 19.8. The Hall–Kier alpha value is -4.67. The van der Waals surface area contributed by atoms with Crippen molar-refractivity contribution < 1.29 is 45.7 Å². The van der Waals surface area contributed by atoms with E-state index in [4.69, 9.17) is 0 Å². The summed E-state index contributed by atoms with van der Waals surface area (Å²) in [6.07, 6.45) is -4.48. The predicted octanol–water partition coefficient (Wildman–Crippen LogP) is 3.47. The Kier molecular flexibility index (Phi) is 8.70. The zero-order valence-electron chi connectivity index (χ0n) is 22.2. The number of esters is 1. The van der Waals surface area contributed by atoms with Crippen LogP contribution in [0, 0.1) is 12.1 Å². The molecule has 2 heterocycles. The number of benzene rings is 2. The summed E-state index contributed by atoms with van der Waals surface area (Å²) < 4.78 is 73.6. The summed E-state index contributed by atoms with van der Waals surface area (Å²) in [6.45, 7) is 2.84. The molecule has 0 unspecified atom stereocenters. The zero-order valence-corrected chi connectivity index (χ0v) is 23.1. The van der Waals surface area contributed by atoms with Gasteiger partial charge in [0.15, 0.2) is 11.7 Å². The van der Waals surface area contributed by atoms with E-state index in [1.165, 1.54) is 12.1 Å². The second kappa shape index (κ2) is 12.1. The van der Waals surface area contributed by atoms with E-state index in [1.54, 1.807) is 31.2 Å². The van der Waals surface area contributed by atoms with Gasteiger partial charge in [0.05, 0.1) is 27.8 Å². The number of alkyl halides is 3.